The number of Topliss-reactive ketones (excluding diaryl/α,β-unsaturated/α-hetero) is 3. The van der Waals surface area contributed by atoms with Crippen molar-refractivity contribution in [1.29, 1.82) is 0 Å². The zero-order valence-corrected chi connectivity index (χ0v) is 25.1. The Balaban J connectivity index is 1.75. The topological polar surface area (TPSA) is 82.1 Å². The van der Waals surface area contributed by atoms with Gasteiger partial charge in [-0.05, 0) is 29.8 Å². The fourth-order valence-corrected chi connectivity index (χ4v) is 7.28. The van der Waals surface area contributed by atoms with E-state index in [2.05, 4.69) is 0 Å². The van der Waals surface area contributed by atoms with Crippen LogP contribution in [0.4, 0.5) is 5.69 Å². The van der Waals surface area contributed by atoms with E-state index in [0.717, 1.165) is 11.3 Å². The third-order valence-electron chi connectivity index (χ3n) is 8.84. The second-order valence-corrected chi connectivity index (χ2v) is 12.4. The molecule has 1 saturated heterocycles. The Kier molecular flexibility index (Phi) is 6.50. The average molecular weight is 586 g/mol. The fourth-order valence-electron chi connectivity index (χ4n) is 7.10. The number of ketones is 3. The summed E-state index contributed by atoms with van der Waals surface area (Å²) in [5, 5.41) is 0.544. The van der Waals surface area contributed by atoms with Gasteiger partial charge < -0.3 is 19.1 Å². The van der Waals surface area contributed by atoms with Gasteiger partial charge in [-0.15, -0.1) is 0 Å². The van der Waals surface area contributed by atoms with Crippen molar-refractivity contribution in [1.82, 2.24) is 0 Å². The van der Waals surface area contributed by atoms with Crippen LogP contribution in [0.1, 0.15) is 58.5 Å². The van der Waals surface area contributed by atoms with E-state index in [4.69, 9.17) is 25.8 Å². The van der Waals surface area contributed by atoms with Crippen LogP contribution in [-0.2, 0) is 4.79 Å². The zero-order valence-electron chi connectivity index (χ0n) is 24.4. The van der Waals surface area contributed by atoms with Crippen LogP contribution in [0, 0.1) is 10.8 Å². The summed E-state index contributed by atoms with van der Waals surface area (Å²) in [5.41, 5.74) is 0.287. The minimum Gasteiger partial charge on any atom is -0.493 e. The van der Waals surface area contributed by atoms with Crippen molar-refractivity contribution >= 4 is 40.7 Å². The van der Waals surface area contributed by atoms with Gasteiger partial charge in [0.15, 0.2) is 28.8 Å². The second kappa shape index (κ2) is 9.73. The Labute approximate surface area is 250 Å². The lowest BCUT2D eigenvalue weighted by atomic mass is 9.63. The Hall–Kier alpha value is -4.10. The minimum absolute atomic E-state index is 0.112. The number of nitrogens with zero attached hydrogens (tertiary/aromatic N) is 1. The van der Waals surface area contributed by atoms with Gasteiger partial charge in [0.1, 0.15) is 5.41 Å². The van der Waals surface area contributed by atoms with Crippen LogP contribution < -0.4 is 19.1 Å². The number of ether oxygens (including phenoxy) is 3. The molecule has 8 heteroatoms. The summed E-state index contributed by atoms with van der Waals surface area (Å²) in [4.78, 5) is 46.3. The van der Waals surface area contributed by atoms with Gasteiger partial charge >= 0.3 is 0 Å². The number of benzene rings is 3. The number of carbonyl (C=O) groups is 3. The lowest BCUT2D eigenvalue weighted by Crippen LogP contribution is -2.49. The molecule has 2 heterocycles. The molecule has 1 spiro atoms. The lowest BCUT2D eigenvalue weighted by molar-refractivity contribution is -0.127. The molecule has 7 nitrogen and oxygen atoms in total. The molecule has 3 aromatic rings. The smallest absolute Gasteiger partial charge is 0.203 e. The van der Waals surface area contributed by atoms with Gasteiger partial charge in [-0.2, -0.15) is 0 Å². The second-order valence-electron chi connectivity index (χ2n) is 11.9. The van der Waals surface area contributed by atoms with Crippen molar-refractivity contribution in [3.8, 4) is 17.2 Å². The maximum absolute atomic E-state index is 14.8. The highest BCUT2D eigenvalue weighted by atomic mass is 35.5. The summed E-state index contributed by atoms with van der Waals surface area (Å²) in [6.45, 7) is 5.56. The van der Waals surface area contributed by atoms with Crippen LogP contribution in [0.25, 0.3) is 6.08 Å². The maximum Gasteiger partial charge on any atom is 0.203 e. The number of hydrogen-bond donors (Lipinski definition) is 0. The van der Waals surface area contributed by atoms with Gasteiger partial charge in [-0.3, -0.25) is 14.4 Å². The number of rotatable bonds is 5. The predicted octanol–water partition coefficient (Wildman–Crippen LogP) is 6.41. The first-order chi connectivity index (χ1) is 20.0. The van der Waals surface area contributed by atoms with E-state index in [-0.39, 0.29) is 17.3 Å². The van der Waals surface area contributed by atoms with E-state index in [1.807, 2.05) is 50.0 Å². The van der Waals surface area contributed by atoms with Crippen molar-refractivity contribution in [3.63, 3.8) is 0 Å². The first-order valence-corrected chi connectivity index (χ1v) is 14.2. The first kappa shape index (κ1) is 28.0. The summed E-state index contributed by atoms with van der Waals surface area (Å²) in [6, 6.07) is 14.2. The van der Waals surface area contributed by atoms with E-state index in [1.165, 1.54) is 21.3 Å². The fraction of sp³-hybridized carbons (Fsp3) is 0.324. The van der Waals surface area contributed by atoms with Gasteiger partial charge in [0.2, 0.25) is 5.75 Å². The summed E-state index contributed by atoms with van der Waals surface area (Å²) < 4.78 is 17.2. The molecule has 0 radical (unpaired) electrons. The van der Waals surface area contributed by atoms with Gasteiger partial charge in [0, 0.05) is 38.7 Å². The SMILES string of the molecule is COc1ccc([C@H]2[C@H](C(=O)C(C)(C)C)N3c4ccc(Cl)cc4C=C[C@H]3C23C(=O)c2ccccc2C3=O)c(OC)c1OC. The Bertz CT molecular complexity index is 1650. The van der Waals surface area contributed by atoms with Crippen LogP contribution in [0.3, 0.4) is 0 Å². The highest BCUT2D eigenvalue weighted by Gasteiger charge is 2.72. The quantitative estimate of drug-likeness (QED) is 0.320. The third-order valence-corrected chi connectivity index (χ3v) is 9.08. The molecular weight excluding hydrogens is 554 g/mol. The molecular formula is C34H32ClNO6. The number of hydrogen-bond acceptors (Lipinski definition) is 7. The number of carbonyl (C=O) groups excluding carboxylic acids is 3. The van der Waals surface area contributed by atoms with Crippen molar-refractivity contribution in [2.45, 2.75) is 38.8 Å². The van der Waals surface area contributed by atoms with Crippen LogP contribution in [0.5, 0.6) is 17.2 Å². The van der Waals surface area contributed by atoms with Crippen LogP contribution >= 0.6 is 11.6 Å². The molecule has 2 aliphatic heterocycles. The van der Waals surface area contributed by atoms with E-state index in [9.17, 15) is 14.4 Å². The largest absolute Gasteiger partial charge is 0.493 e. The molecule has 0 unspecified atom stereocenters. The maximum atomic E-state index is 14.8. The Morgan fingerprint density at radius 3 is 2.10 bits per heavy atom. The van der Waals surface area contributed by atoms with Gasteiger partial charge in [0.25, 0.3) is 0 Å². The zero-order chi connectivity index (χ0) is 30.1. The number of fused-ring (bicyclic) bond motifs is 5. The van der Waals surface area contributed by atoms with Crippen molar-refractivity contribution in [2.24, 2.45) is 10.8 Å². The third kappa shape index (κ3) is 3.62. The molecule has 3 atom stereocenters. The average Bonchev–Trinajstić information content (AvgIpc) is 3.40. The number of halogens is 1. The van der Waals surface area contributed by atoms with E-state index in [0.29, 0.717) is 39.0 Å². The highest BCUT2D eigenvalue weighted by Crippen LogP contribution is 2.63. The van der Waals surface area contributed by atoms with Crippen molar-refractivity contribution in [3.05, 3.63) is 87.9 Å². The first-order valence-electron chi connectivity index (χ1n) is 13.8. The molecule has 1 aliphatic carbocycles. The molecule has 42 heavy (non-hydrogen) atoms. The van der Waals surface area contributed by atoms with E-state index < -0.39 is 28.8 Å². The standard InChI is InChI=1S/C34H32ClNO6/c1-33(2,3)32(39)27-26(22-13-15-24(40-4)29(42-6)28(22)41-5)34(30(37)20-9-7-8-10-21(20)31(34)38)25-16-11-18-17-19(35)12-14-23(18)36(25)27/h7-17,25-27H,1-6H3/t25-,26-,27+/m0/s1. The highest BCUT2D eigenvalue weighted by molar-refractivity contribution is 6.32. The van der Waals surface area contributed by atoms with Gasteiger partial charge in [0.05, 0.1) is 33.4 Å². The predicted molar refractivity (Wildman–Crippen MR) is 161 cm³/mol. The summed E-state index contributed by atoms with van der Waals surface area (Å²) in [5.74, 6) is -0.616. The molecule has 0 N–H and O–H groups in total. The minimum atomic E-state index is -1.66. The number of methoxy groups -OCH3 is 3. The molecule has 216 valence electrons. The summed E-state index contributed by atoms with van der Waals surface area (Å²) >= 11 is 6.38. The molecule has 0 aromatic heterocycles. The molecule has 0 amide bonds. The summed E-state index contributed by atoms with van der Waals surface area (Å²) in [6.07, 6.45) is 3.76. The van der Waals surface area contributed by atoms with Crippen molar-refractivity contribution < 1.29 is 28.6 Å². The Morgan fingerprint density at radius 2 is 1.52 bits per heavy atom. The monoisotopic (exact) mass is 585 g/mol. The van der Waals surface area contributed by atoms with Crippen molar-refractivity contribution in [2.75, 3.05) is 26.2 Å². The van der Waals surface area contributed by atoms with E-state index >= 15 is 0 Å². The normalized spacial score (nSPS) is 21.7. The van der Waals surface area contributed by atoms with Gasteiger partial charge in [-0.25, -0.2) is 0 Å². The summed E-state index contributed by atoms with van der Waals surface area (Å²) in [7, 11) is 4.52. The molecule has 1 fully saturated rings. The lowest BCUT2D eigenvalue weighted by Gasteiger charge is -2.38. The number of anilines is 1. The molecule has 3 aliphatic rings. The molecule has 0 saturated carbocycles. The molecule has 3 aromatic carbocycles. The van der Waals surface area contributed by atoms with Crippen LogP contribution in [0.2, 0.25) is 5.02 Å². The molecule has 6 rings (SSSR count). The Morgan fingerprint density at radius 1 is 0.881 bits per heavy atom. The van der Waals surface area contributed by atoms with Crippen LogP contribution in [-0.4, -0.2) is 50.8 Å². The van der Waals surface area contributed by atoms with Crippen LogP contribution in [0.15, 0.2) is 60.7 Å². The molecule has 0 bridgehead atoms. The van der Waals surface area contributed by atoms with Gasteiger partial charge in [-0.1, -0.05) is 74.9 Å². The van der Waals surface area contributed by atoms with E-state index in [1.54, 1.807) is 42.5 Å².